The zero-order valence-electron chi connectivity index (χ0n) is 14.6. The minimum atomic E-state index is -1.02. The molecular formula is C20H20FNO4. The Balaban J connectivity index is 1.97. The first-order valence-corrected chi connectivity index (χ1v) is 8.30. The number of halogens is 1. The lowest BCUT2D eigenvalue weighted by atomic mass is 9.94. The average molecular weight is 357 g/mol. The molecule has 0 bridgehead atoms. The van der Waals surface area contributed by atoms with E-state index in [9.17, 15) is 14.0 Å². The summed E-state index contributed by atoms with van der Waals surface area (Å²) < 4.78 is 22.9. The van der Waals surface area contributed by atoms with Crippen LogP contribution in [0.4, 0.5) is 10.1 Å². The Morgan fingerprint density at radius 2 is 1.69 bits per heavy atom. The Kier molecular flexibility index (Phi) is 5.21. The van der Waals surface area contributed by atoms with Crippen LogP contribution in [0.3, 0.4) is 0 Å². The van der Waals surface area contributed by atoms with Gasteiger partial charge in [-0.2, -0.15) is 0 Å². The van der Waals surface area contributed by atoms with E-state index in [-0.39, 0.29) is 18.3 Å². The summed E-state index contributed by atoms with van der Waals surface area (Å²) >= 11 is 0. The number of benzene rings is 2. The van der Waals surface area contributed by atoms with Gasteiger partial charge in [-0.15, -0.1) is 0 Å². The number of hydrogen-bond acceptors (Lipinski definition) is 5. The fourth-order valence-corrected chi connectivity index (χ4v) is 3.42. The molecule has 0 saturated heterocycles. The van der Waals surface area contributed by atoms with E-state index < -0.39 is 17.9 Å². The van der Waals surface area contributed by atoms with Crippen molar-refractivity contribution >= 4 is 17.6 Å². The molecule has 6 heteroatoms. The van der Waals surface area contributed by atoms with Gasteiger partial charge in [0.1, 0.15) is 5.82 Å². The third-order valence-corrected chi connectivity index (χ3v) is 4.72. The van der Waals surface area contributed by atoms with Gasteiger partial charge in [-0.1, -0.05) is 24.3 Å². The molecule has 0 saturated carbocycles. The highest BCUT2D eigenvalue weighted by molar-refractivity contribution is 5.95. The second kappa shape index (κ2) is 7.56. The van der Waals surface area contributed by atoms with Crippen LogP contribution in [0.15, 0.2) is 48.5 Å². The van der Waals surface area contributed by atoms with Gasteiger partial charge in [0.2, 0.25) is 0 Å². The maximum atomic E-state index is 13.3. The highest BCUT2D eigenvalue weighted by Crippen LogP contribution is 2.41. The molecule has 136 valence electrons. The SMILES string of the molecule is COC(=O)C(CC1c2ccccc2CN1c1ccc(F)cc1)C(=O)OC. The van der Waals surface area contributed by atoms with E-state index in [1.54, 1.807) is 12.1 Å². The number of carbonyl (C=O) groups is 2. The Bertz CT molecular complexity index is 790. The van der Waals surface area contributed by atoms with E-state index in [4.69, 9.17) is 9.47 Å². The Morgan fingerprint density at radius 1 is 1.08 bits per heavy atom. The van der Waals surface area contributed by atoms with E-state index in [2.05, 4.69) is 4.90 Å². The molecule has 0 N–H and O–H groups in total. The van der Waals surface area contributed by atoms with Crippen molar-refractivity contribution in [2.45, 2.75) is 19.0 Å². The predicted molar refractivity (Wildman–Crippen MR) is 93.9 cm³/mol. The molecule has 2 aromatic carbocycles. The Labute approximate surface area is 151 Å². The lowest BCUT2D eigenvalue weighted by Gasteiger charge is -2.29. The summed E-state index contributed by atoms with van der Waals surface area (Å²) in [5, 5.41) is 0. The summed E-state index contributed by atoms with van der Waals surface area (Å²) in [7, 11) is 2.50. The maximum absolute atomic E-state index is 13.3. The van der Waals surface area contributed by atoms with Crippen LogP contribution in [-0.4, -0.2) is 26.2 Å². The first-order valence-electron chi connectivity index (χ1n) is 8.30. The standard InChI is InChI=1S/C20H20FNO4/c1-25-19(23)17(20(24)26-2)11-18-16-6-4-3-5-13(16)12-22(18)15-9-7-14(21)8-10-15/h3-10,17-18H,11-12H2,1-2H3. The lowest BCUT2D eigenvalue weighted by Crippen LogP contribution is -2.32. The number of carbonyl (C=O) groups excluding carboxylic acids is 2. The fourth-order valence-electron chi connectivity index (χ4n) is 3.42. The molecular weight excluding hydrogens is 337 g/mol. The monoisotopic (exact) mass is 357 g/mol. The van der Waals surface area contributed by atoms with Crippen molar-refractivity contribution in [1.82, 2.24) is 0 Å². The molecule has 3 rings (SSSR count). The molecule has 1 aliphatic heterocycles. The zero-order chi connectivity index (χ0) is 18.7. The average Bonchev–Trinajstić information content (AvgIpc) is 3.04. The molecule has 0 aromatic heterocycles. The lowest BCUT2D eigenvalue weighted by molar-refractivity contribution is -0.159. The van der Waals surface area contributed by atoms with Crippen molar-refractivity contribution in [1.29, 1.82) is 0 Å². The van der Waals surface area contributed by atoms with Crippen molar-refractivity contribution in [3.8, 4) is 0 Å². The van der Waals surface area contributed by atoms with Crippen LogP contribution in [0.5, 0.6) is 0 Å². The van der Waals surface area contributed by atoms with Crippen molar-refractivity contribution < 1.29 is 23.5 Å². The number of anilines is 1. The number of ether oxygens (including phenoxy) is 2. The number of hydrogen-bond donors (Lipinski definition) is 0. The first-order chi connectivity index (χ1) is 12.5. The maximum Gasteiger partial charge on any atom is 0.320 e. The van der Waals surface area contributed by atoms with Crippen LogP contribution >= 0.6 is 0 Å². The molecule has 0 spiro atoms. The van der Waals surface area contributed by atoms with E-state index in [1.807, 2.05) is 24.3 Å². The van der Waals surface area contributed by atoms with Gasteiger partial charge in [0.25, 0.3) is 0 Å². The molecule has 1 heterocycles. The highest BCUT2D eigenvalue weighted by atomic mass is 19.1. The van der Waals surface area contributed by atoms with Crippen LogP contribution in [0.2, 0.25) is 0 Å². The quantitative estimate of drug-likeness (QED) is 0.607. The number of methoxy groups -OCH3 is 2. The first kappa shape index (κ1) is 17.9. The van der Waals surface area contributed by atoms with Gasteiger partial charge in [0, 0.05) is 12.2 Å². The normalized spacial score (nSPS) is 15.7. The van der Waals surface area contributed by atoms with Crippen LogP contribution in [0.25, 0.3) is 0 Å². The molecule has 0 aliphatic carbocycles. The topological polar surface area (TPSA) is 55.8 Å². The summed E-state index contributed by atoms with van der Waals surface area (Å²) in [6.07, 6.45) is 0.216. The summed E-state index contributed by atoms with van der Waals surface area (Å²) in [5.41, 5.74) is 2.96. The van der Waals surface area contributed by atoms with Gasteiger partial charge in [0.15, 0.2) is 5.92 Å². The summed E-state index contributed by atoms with van der Waals surface area (Å²) in [4.78, 5) is 26.3. The molecule has 5 nitrogen and oxygen atoms in total. The fraction of sp³-hybridized carbons (Fsp3) is 0.300. The van der Waals surface area contributed by atoms with Crippen molar-refractivity contribution in [3.05, 3.63) is 65.5 Å². The predicted octanol–water partition coefficient (Wildman–Crippen LogP) is 3.24. The molecule has 1 aliphatic rings. The molecule has 1 atom stereocenters. The molecule has 0 radical (unpaired) electrons. The van der Waals surface area contributed by atoms with Gasteiger partial charge < -0.3 is 14.4 Å². The zero-order valence-corrected chi connectivity index (χ0v) is 14.6. The van der Waals surface area contributed by atoms with Gasteiger partial charge in [0.05, 0.1) is 20.3 Å². The second-order valence-corrected chi connectivity index (χ2v) is 6.15. The van der Waals surface area contributed by atoms with Gasteiger partial charge in [-0.3, -0.25) is 9.59 Å². The number of esters is 2. The van der Waals surface area contributed by atoms with Crippen LogP contribution < -0.4 is 4.90 Å². The van der Waals surface area contributed by atoms with E-state index in [0.717, 1.165) is 16.8 Å². The Morgan fingerprint density at radius 3 is 2.31 bits per heavy atom. The third kappa shape index (κ3) is 3.40. The molecule has 0 fully saturated rings. The van der Waals surface area contributed by atoms with Gasteiger partial charge in [-0.25, -0.2) is 4.39 Å². The van der Waals surface area contributed by atoms with Crippen molar-refractivity contribution in [2.24, 2.45) is 5.92 Å². The third-order valence-electron chi connectivity index (χ3n) is 4.72. The molecule has 0 amide bonds. The van der Waals surface area contributed by atoms with Crippen LogP contribution in [-0.2, 0) is 25.6 Å². The molecule has 26 heavy (non-hydrogen) atoms. The van der Waals surface area contributed by atoms with Crippen molar-refractivity contribution in [3.63, 3.8) is 0 Å². The van der Waals surface area contributed by atoms with Crippen LogP contribution in [0.1, 0.15) is 23.6 Å². The molecule has 2 aromatic rings. The largest absolute Gasteiger partial charge is 0.468 e. The number of nitrogens with zero attached hydrogens (tertiary/aromatic N) is 1. The van der Waals surface area contributed by atoms with Crippen molar-refractivity contribution in [2.75, 3.05) is 19.1 Å². The van der Waals surface area contributed by atoms with Gasteiger partial charge >= 0.3 is 11.9 Å². The Hall–Kier alpha value is -2.89. The minimum Gasteiger partial charge on any atom is -0.468 e. The smallest absolute Gasteiger partial charge is 0.320 e. The summed E-state index contributed by atoms with van der Waals surface area (Å²) in [6, 6.07) is 13.8. The number of rotatable bonds is 5. The minimum absolute atomic E-state index is 0.216. The second-order valence-electron chi connectivity index (χ2n) is 6.15. The summed E-state index contributed by atoms with van der Waals surface area (Å²) in [5.74, 6) is -2.59. The van der Waals surface area contributed by atoms with Crippen LogP contribution in [0, 0.1) is 11.7 Å². The van der Waals surface area contributed by atoms with E-state index in [1.165, 1.54) is 26.4 Å². The van der Waals surface area contributed by atoms with E-state index in [0.29, 0.717) is 6.54 Å². The summed E-state index contributed by atoms with van der Waals surface area (Å²) in [6.45, 7) is 0.613. The highest BCUT2D eigenvalue weighted by Gasteiger charge is 2.38. The van der Waals surface area contributed by atoms with Gasteiger partial charge in [-0.05, 0) is 41.8 Å². The van der Waals surface area contributed by atoms with E-state index >= 15 is 0 Å². The molecule has 1 unspecified atom stereocenters. The number of fused-ring (bicyclic) bond motifs is 1.